The molecular weight excluding hydrogens is 253 g/mol. The van der Waals surface area contributed by atoms with Crippen LogP contribution < -0.4 is 10.1 Å². The van der Waals surface area contributed by atoms with Crippen LogP contribution in [0.25, 0.3) is 0 Å². The van der Waals surface area contributed by atoms with E-state index in [1.165, 1.54) is 0 Å². The molecule has 1 aromatic rings. The first-order chi connectivity index (χ1) is 7.65. The van der Waals surface area contributed by atoms with Crippen LogP contribution in [0.5, 0.6) is 5.75 Å². The highest BCUT2D eigenvalue weighted by atomic mass is 35.5. The normalized spacial score (nSPS) is 9.94. The predicted molar refractivity (Wildman–Crippen MR) is 62.1 cm³/mol. The first kappa shape index (κ1) is 13.1. The monoisotopic (exact) mass is 263 g/mol. The Kier molecular flexibility index (Phi) is 5.38. The first-order valence-electron chi connectivity index (χ1n) is 4.59. The lowest BCUT2D eigenvalue weighted by atomic mass is 10.3. The molecule has 0 atom stereocenters. The summed E-state index contributed by atoms with van der Waals surface area (Å²) in [5.41, 5.74) is 0. The zero-order valence-corrected chi connectivity index (χ0v) is 9.88. The molecule has 6 heteroatoms. The summed E-state index contributed by atoms with van der Waals surface area (Å²) < 4.78 is 5.30. The molecule has 4 nitrogen and oxygen atoms in total. The standard InChI is InChI=1S/C10H11Cl2NO3/c11-7-2-1-3-8(10(7)12)16-5-4-13-9(15)6-14/h1-3,14H,4-6H2,(H,13,15). The Morgan fingerprint density at radius 2 is 2.19 bits per heavy atom. The topological polar surface area (TPSA) is 58.6 Å². The molecule has 0 bridgehead atoms. The second kappa shape index (κ2) is 6.58. The van der Waals surface area contributed by atoms with Crippen molar-refractivity contribution in [3.8, 4) is 5.75 Å². The lowest BCUT2D eigenvalue weighted by molar-refractivity contribution is -0.123. The van der Waals surface area contributed by atoms with Gasteiger partial charge in [0.1, 0.15) is 24.0 Å². The van der Waals surface area contributed by atoms with Crippen molar-refractivity contribution >= 4 is 29.1 Å². The van der Waals surface area contributed by atoms with Gasteiger partial charge in [-0.25, -0.2) is 0 Å². The van der Waals surface area contributed by atoms with Crippen molar-refractivity contribution in [2.75, 3.05) is 19.8 Å². The van der Waals surface area contributed by atoms with Crippen molar-refractivity contribution in [1.82, 2.24) is 5.32 Å². The highest BCUT2D eigenvalue weighted by Gasteiger charge is 2.05. The summed E-state index contributed by atoms with van der Waals surface area (Å²) in [5, 5.41) is 11.6. The number of aliphatic hydroxyl groups excluding tert-OH is 1. The molecule has 1 aromatic carbocycles. The van der Waals surface area contributed by atoms with Gasteiger partial charge in [-0.15, -0.1) is 0 Å². The summed E-state index contributed by atoms with van der Waals surface area (Å²) >= 11 is 11.7. The van der Waals surface area contributed by atoms with Gasteiger partial charge >= 0.3 is 0 Å². The van der Waals surface area contributed by atoms with Crippen LogP contribution in [0.3, 0.4) is 0 Å². The van der Waals surface area contributed by atoms with Crippen LogP contribution in [0.1, 0.15) is 0 Å². The number of carbonyl (C=O) groups is 1. The van der Waals surface area contributed by atoms with Crippen molar-refractivity contribution in [1.29, 1.82) is 0 Å². The van der Waals surface area contributed by atoms with Crippen molar-refractivity contribution in [2.45, 2.75) is 0 Å². The molecule has 1 amide bonds. The third-order valence-corrected chi connectivity index (χ3v) is 2.54. The Morgan fingerprint density at radius 1 is 1.44 bits per heavy atom. The van der Waals surface area contributed by atoms with Gasteiger partial charge < -0.3 is 15.2 Å². The van der Waals surface area contributed by atoms with E-state index < -0.39 is 12.5 Å². The Hall–Kier alpha value is -0.970. The molecule has 0 radical (unpaired) electrons. The van der Waals surface area contributed by atoms with E-state index in [1.54, 1.807) is 18.2 Å². The third-order valence-electron chi connectivity index (χ3n) is 1.74. The molecule has 2 N–H and O–H groups in total. The summed E-state index contributed by atoms with van der Waals surface area (Å²) in [7, 11) is 0. The predicted octanol–water partition coefficient (Wildman–Crippen LogP) is 1.48. The van der Waals surface area contributed by atoms with Crippen molar-refractivity contribution in [3.05, 3.63) is 28.2 Å². The molecule has 0 aliphatic heterocycles. The van der Waals surface area contributed by atoms with Crippen LogP contribution >= 0.6 is 23.2 Å². The highest BCUT2D eigenvalue weighted by Crippen LogP contribution is 2.31. The van der Waals surface area contributed by atoms with E-state index in [1.807, 2.05) is 0 Å². The van der Waals surface area contributed by atoms with Gasteiger partial charge in [0, 0.05) is 0 Å². The minimum absolute atomic E-state index is 0.256. The zero-order chi connectivity index (χ0) is 12.0. The summed E-state index contributed by atoms with van der Waals surface area (Å²) in [6, 6.07) is 5.06. The fraction of sp³-hybridized carbons (Fsp3) is 0.300. The molecule has 0 heterocycles. The number of hydrogen-bond acceptors (Lipinski definition) is 3. The summed E-state index contributed by atoms with van der Waals surface area (Å²) in [4.78, 5) is 10.7. The number of carbonyl (C=O) groups excluding carboxylic acids is 1. The van der Waals surface area contributed by atoms with E-state index in [0.717, 1.165) is 0 Å². The molecule has 0 aliphatic carbocycles. The van der Waals surface area contributed by atoms with E-state index in [4.69, 9.17) is 33.0 Å². The summed E-state index contributed by atoms with van der Waals surface area (Å²) in [6.45, 7) is 0.0198. The van der Waals surface area contributed by atoms with Gasteiger partial charge in [-0.3, -0.25) is 4.79 Å². The molecule has 88 valence electrons. The summed E-state index contributed by atoms with van der Waals surface area (Å²) in [6.07, 6.45) is 0. The SMILES string of the molecule is O=C(CO)NCCOc1cccc(Cl)c1Cl. The molecular formula is C10H11Cl2NO3. The van der Waals surface area contributed by atoms with Crippen LogP contribution in [-0.4, -0.2) is 30.8 Å². The smallest absolute Gasteiger partial charge is 0.245 e. The van der Waals surface area contributed by atoms with Gasteiger partial charge in [0.25, 0.3) is 0 Å². The quantitative estimate of drug-likeness (QED) is 0.792. The van der Waals surface area contributed by atoms with Gasteiger partial charge in [-0.2, -0.15) is 0 Å². The van der Waals surface area contributed by atoms with Crippen LogP contribution in [0.4, 0.5) is 0 Å². The average molecular weight is 264 g/mol. The minimum Gasteiger partial charge on any atom is -0.490 e. The Morgan fingerprint density at radius 3 is 2.88 bits per heavy atom. The number of amides is 1. The van der Waals surface area contributed by atoms with Gasteiger partial charge in [0.05, 0.1) is 11.6 Å². The largest absolute Gasteiger partial charge is 0.490 e. The van der Waals surface area contributed by atoms with Crippen molar-refractivity contribution in [3.63, 3.8) is 0 Å². The number of nitrogens with one attached hydrogen (secondary N) is 1. The molecule has 0 saturated carbocycles. The van der Waals surface area contributed by atoms with Crippen LogP contribution in [-0.2, 0) is 4.79 Å². The number of halogens is 2. The van der Waals surface area contributed by atoms with Crippen LogP contribution in [0, 0.1) is 0 Å². The highest BCUT2D eigenvalue weighted by molar-refractivity contribution is 6.42. The molecule has 0 unspecified atom stereocenters. The lowest BCUT2D eigenvalue weighted by Crippen LogP contribution is -2.30. The molecule has 0 saturated heterocycles. The van der Waals surface area contributed by atoms with E-state index >= 15 is 0 Å². The number of aliphatic hydroxyl groups is 1. The fourth-order valence-electron chi connectivity index (χ4n) is 1.00. The van der Waals surface area contributed by atoms with Gasteiger partial charge in [-0.05, 0) is 12.1 Å². The maximum atomic E-state index is 10.7. The summed E-state index contributed by atoms with van der Waals surface area (Å²) in [5.74, 6) is 0.0215. The molecule has 0 fully saturated rings. The Bertz CT molecular complexity index is 371. The average Bonchev–Trinajstić information content (AvgIpc) is 2.29. The van der Waals surface area contributed by atoms with E-state index in [0.29, 0.717) is 22.3 Å². The zero-order valence-electron chi connectivity index (χ0n) is 8.37. The molecule has 1 rings (SSSR count). The molecule has 0 spiro atoms. The van der Waals surface area contributed by atoms with Crippen LogP contribution in [0.15, 0.2) is 18.2 Å². The number of ether oxygens (including phenoxy) is 1. The van der Waals surface area contributed by atoms with Gasteiger partial charge in [0.2, 0.25) is 5.91 Å². The second-order valence-electron chi connectivity index (χ2n) is 2.91. The molecule has 16 heavy (non-hydrogen) atoms. The number of benzene rings is 1. The van der Waals surface area contributed by atoms with Crippen molar-refractivity contribution in [2.24, 2.45) is 0 Å². The van der Waals surface area contributed by atoms with E-state index in [2.05, 4.69) is 5.32 Å². The fourth-order valence-corrected chi connectivity index (χ4v) is 1.35. The third kappa shape index (κ3) is 3.89. The van der Waals surface area contributed by atoms with Crippen LogP contribution in [0.2, 0.25) is 10.0 Å². The number of hydrogen-bond donors (Lipinski definition) is 2. The lowest BCUT2D eigenvalue weighted by Gasteiger charge is -2.09. The Labute approximate surface area is 103 Å². The van der Waals surface area contributed by atoms with Gasteiger partial charge in [-0.1, -0.05) is 29.3 Å². The Balaban J connectivity index is 2.38. The van der Waals surface area contributed by atoms with Crippen molar-refractivity contribution < 1.29 is 14.6 Å². The maximum Gasteiger partial charge on any atom is 0.245 e. The second-order valence-corrected chi connectivity index (χ2v) is 3.69. The number of rotatable bonds is 5. The van der Waals surface area contributed by atoms with E-state index in [-0.39, 0.29) is 6.61 Å². The van der Waals surface area contributed by atoms with Gasteiger partial charge in [0.15, 0.2) is 0 Å². The molecule has 0 aromatic heterocycles. The first-order valence-corrected chi connectivity index (χ1v) is 5.35. The minimum atomic E-state index is -0.530. The van der Waals surface area contributed by atoms with E-state index in [9.17, 15) is 4.79 Å². The maximum absolute atomic E-state index is 10.7. The molecule has 0 aliphatic rings.